The van der Waals surface area contributed by atoms with Crippen molar-refractivity contribution in [2.24, 2.45) is 4.40 Å². The lowest BCUT2D eigenvalue weighted by molar-refractivity contribution is 0.188. The van der Waals surface area contributed by atoms with Gasteiger partial charge in [-0.25, -0.2) is 0 Å². The number of fused-ring (bicyclic) bond motifs is 1. The third-order valence-electron chi connectivity index (χ3n) is 3.08. The van der Waals surface area contributed by atoms with Crippen molar-refractivity contribution in [3.05, 3.63) is 29.8 Å². The third-order valence-corrected chi connectivity index (χ3v) is 4.40. The first-order valence-corrected chi connectivity index (χ1v) is 6.89. The highest BCUT2D eigenvalue weighted by Crippen LogP contribution is 2.28. The molecule has 1 saturated heterocycles. The zero-order valence-corrected chi connectivity index (χ0v) is 9.89. The first kappa shape index (κ1) is 10.7. The molecular weight excluding hydrogens is 240 g/mol. The Bertz CT molecular complexity index is 594. The number of hydrogen-bond acceptors (Lipinski definition) is 4. The van der Waals surface area contributed by atoms with E-state index in [1.54, 1.807) is 24.3 Å². The molecule has 1 aromatic rings. The van der Waals surface area contributed by atoms with Gasteiger partial charge in [-0.2, -0.15) is 8.42 Å². The molecule has 0 spiro atoms. The van der Waals surface area contributed by atoms with Crippen LogP contribution in [0.1, 0.15) is 12.0 Å². The lowest BCUT2D eigenvalue weighted by atomic mass is 10.2. The van der Waals surface area contributed by atoms with Gasteiger partial charge in [0.1, 0.15) is 4.90 Å². The molecule has 0 aromatic heterocycles. The van der Waals surface area contributed by atoms with E-state index in [2.05, 4.69) is 4.40 Å². The van der Waals surface area contributed by atoms with Crippen molar-refractivity contribution in [1.29, 1.82) is 0 Å². The van der Waals surface area contributed by atoms with Crippen LogP contribution >= 0.6 is 0 Å². The fraction of sp³-hybridized carbons (Fsp3) is 0.364. The van der Waals surface area contributed by atoms with Gasteiger partial charge in [-0.05, 0) is 18.6 Å². The number of amidine groups is 1. The van der Waals surface area contributed by atoms with Gasteiger partial charge in [0, 0.05) is 18.7 Å². The highest BCUT2D eigenvalue weighted by atomic mass is 32.2. The summed E-state index contributed by atoms with van der Waals surface area (Å²) in [5, 5.41) is 9.49. The van der Waals surface area contributed by atoms with E-state index in [0.29, 0.717) is 30.9 Å². The normalized spacial score (nSPS) is 25.8. The fourth-order valence-corrected chi connectivity index (χ4v) is 3.48. The van der Waals surface area contributed by atoms with Crippen molar-refractivity contribution in [2.45, 2.75) is 17.4 Å². The first-order chi connectivity index (χ1) is 8.08. The Labute approximate surface area is 99.5 Å². The minimum absolute atomic E-state index is 0.261. The largest absolute Gasteiger partial charge is 0.391 e. The van der Waals surface area contributed by atoms with Crippen molar-refractivity contribution < 1.29 is 13.5 Å². The van der Waals surface area contributed by atoms with Crippen LogP contribution in [-0.2, 0) is 10.0 Å². The Morgan fingerprint density at radius 2 is 2.12 bits per heavy atom. The molecule has 5 nitrogen and oxygen atoms in total. The second-order valence-electron chi connectivity index (χ2n) is 4.27. The quantitative estimate of drug-likeness (QED) is 0.716. The van der Waals surface area contributed by atoms with Crippen LogP contribution in [-0.4, -0.2) is 43.5 Å². The number of likely N-dealkylation sites (tertiary alicyclic amines) is 1. The zero-order chi connectivity index (χ0) is 12.0. The SMILES string of the molecule is O=S1(=O)N=C(N2CCC(O)C2)c2ccccc21. The molecule has 2 aliphatic heterocycles. The van der Waals surface area contributed by atoms with E-state index < -0.39 is 16.1 Å². The number of hydrogen-bond donors (Lipinski definition) is 1. The highest BCUT2D eigenvalue weighted by Gasteiger charge is 2.34. The van der Waals surface area contributed by atoms with Crippen LogP contribution in [0.2, 0.25) is 0 Å². The van der Waals surface area contributed by atoms with Crippen LogP contribution in [0.5, 0.6) is 0 Å². The van der Waals surface area contributed by atoms with E-state index in [4.69, 9.17) is 0 Å². The smallest absolute Gasteiger partial charge is 0.285 e. The maximum atomic E-state index is 11.8. The maximum absolute atomic E-state index is 11.8. The average Bonchev–Trinajstić information content (AvgIpc) is 2.82. The van der Waals surface area contributed by atoms with E-state index >= 15 is 0 Å². The predicted molar refractivity (Wildman–Crippen MR) is 62.4 cm³/mol. The summed E-state index contributed by atoms with van der Waals surface area (Å²) in [6.45, 7) is 1.09. The Hall–Kier alpha value is -1.40. The molecule has 3 rings (SSSR count). The number of β-amino-alcohol motifs (C(OH)–C–C–N with tert-alkyl or cyclic N) is 1. The summed E-state index contributed by atoms with van der Waals surface area (Å²) in [5.41, 5.74) is 0.640. The number of sulfonamides is 1. The van der Waals surface area contributed by atoms with E-state index in [1.807, 2.05) is 4.90 Å². The average molecular weight is 252 g/mol. The Kier molecular flexibility index (Phi) is 2.24. The van der Waals surface area contributed by atoms with Crippen molar-refractivity contribution >= 4 is 15.9 Å². The van der Waals surface area contributed by atoms with Gasteiger partial charge in [-0.3, -0.25) is 0 Å². The van der Waals surface area contributed by atoms with E-state index in [9.17, 15) is 13.5 Å². The third kappa shape index (κ3) is 1.64. The highest BCUT2D eigenvalue weighted by molar-refractivity contribution is 7.90. The molecule has 0 radical (unpaired) electrons. The molecule has 90 valence electrons. The molecular formula is C11H12N2O3S. The Morgan fingerprint density at radius 3 is 2.82 bits per heavy atom. The molecule has 2 aliphatic rings. The lowest BCUT2D eigenvalue weighted by Gasteiger charge is -2.17. The molecule has 0 aliphatic carbocycles. The topological polar surface area (TPSA) is 70.0 Å². The van der Waals surface area contributed by atoms with Crippen LogP contribution in [0, 0.1) is 0 Å². The van der Waals surface area contributed by atoms with E-state index in [1.165, 1.54) is 0 Å². The van der Waals surface area contributed by atoms with Crippen molar-refractivity contribution in [2.75, 3.05) is 13.1 Å². The minimum Gasteiger partial charge on any atom is -0.391 e. The first-order valence-electron chi connectivity index (χ1n) is 5.45. The van der Waals surface area contributed by atoms with Crippen LogP contribution in [0.3, 0.4) is 0 Å². The van der Waals surface area contributed by atoms with Gasteiger partial charge in [0.05, 0.1) is 6.10 Å². The second kappa shape index (κ2) is 3.54. The van der Waals surface area contributed by atoms with Gasteiger partial charge >= 0.3 is 0 Å². The van der Waals surface area contributed by atoms with Crippen LogP contribution in [0.25, 0.3) is 0 Å². The molecule has 17 heavy (non-hydrogen) atoms. The van der Waals surface area contributed by atoms with Gasteiger partial charge in [0.15, 0.2) is 5.84 Å². The molecule has 1 atom stereocenters. The monoisotopic (exact) mass is 252 g/mol. The van der Waals surface area contributed by atoms with Crippen LogP contribution in [0.15, 0.2) is 33.6 Å². The summed E-state index contributed by atoms with van der Waals surface area (Å²) in [4.78, 5) is 2.09. The lowest BCUT2D eigenvalue weighted by Crippen LogP contribution is -2.29. The molecule has 0 bridgehead atoms. The molecule has 1 fully saturated rings. The molecule has 1 N–H and O–H groups in total. The molecule has 6 heteroatoms. The summed E-state index contributed by atoms with van der Waals surface area (Å²) >= 11 is 0. The zero-order valence-electron chi connectivity index (χ0n) is 9.07. The number of benzene rings is 1. The number of aliphatic hydroxyl groups is 1. The number of aliphatic hydroxyl groups excluding tert-OH is 1. The van der Waals surface area contributed by atoms with Gasteiger partial charge in [-0.15, -0.1) is 4.40 Å². The predicted octanol–water partition coefficient (Wildman–Crippen LogP) is 0.202. The van der Waals surface area contributed by atoms with Gasteiger partial charge in [0.2, 0.25) is 0 Å². The molecule has 0 amide bonds. The summed E-state index contributed by atoms with van der Waals surface area (Å²) in [6, 6.07) is 6.80. The fourth-order valence-electron chi connectivity index (χ4n) is 2.25. The minimum atomic E-state index is -3.55. The van der Waals surface area contributed by atoms with Crippen molar-refractivity contribution in [3.63, 3.8) is 0 Å². The van der Waals surface area contributed by atoms with Crippen molar-refractivity contribution in [1.82, 2.24) is 4.90 Å². The summed E-state index contributed by atoms with van der Waals surface area (Å²) in [7, 11) is -3.55. The Balaban J connectivity index is 2.08. The summed E-state index contributed by atoms with van der Waals surface area (Å²) < 4.78 is 27.5. The second-order valence-corrected chi connectivity index (χ2v) is 5.85. The van der Waals surface area contributed by atoms with E-state index in [0.717, 1.165) is 0 Å². The van der Waals surface area contributed by atoms with Crippen LogP contribution < -0.4 is 0 Å². The molecule has 2 heterocycles. The van der Waals surface area contributed by atoms with Crippen LogP contribution in [0.4, 0.5) is 0 Å². The van der Waals surface area contributed by atoms with Gasteiger partial charge in [-0.1, -0.05) is 12.1 Å². The maximum Gasteiger partial charge on any atom is 0.285 e. The van der Waals surface area contributed by atoms with E-state index in [-0.39, 0.29) is 4.90 Å². The standard InChI is InChI=1S/C11H12N2O3S/c14-8-5-6-13(7-8)11-9-3-1-2-4-10(9)17(15,16)12-11/h1-4,8,14H,5-7H2. The molecule has 1 aromatic carbocycles. The van der Waals surface area contributed by atoms with Gasteiger partial charge < -0.3 is 10.0 Å². The number of rotatable bonds is 0. The summed E-state index contributed by atoms with van der Waals surface area (Å²) in [5.74, 6) is 0.470. The molecule has 1 unspecified atom stereocenters. The Morgan fingerprint density at radius 1 is 1.35 bits per heavy atom. The number of nitrogens with zero attached hydrogens (tertiary/aromatic N) is 2. The van der Waals surface area contributed by atoms with Gasteiger partial charge in [0.25, 0.3) is 10.0 Å². The summed E-state index contributed by atoms with van der Waals surface area (Å²) in [6.07, 6.45) is 0.259. The van der Waals surface area contributed by atoms with Crippen molar-refractivity contribution in [3.8, 4) is 0 Å². The molecule has 0 saturated carbocycles.